The van der Waals surface area contributed by atoms with E-state index in [1.165, 1.54) is 6.33 Å². The number of rotatable bonds is 7. The van der Waals surface area contributed by atoms with Crippen LogP contribution in [0.5, 0.6) is 11.5 Å². The third-order valence-corrected chi connectivity index (χ3v) is 4.43. The van der Waals surface area contributed by atoms with Gasteiger partial charge in [0.25, 0.3) is 5.91 Å². The van der Waals surface area contributed by atoms with Crippen LogP contribution in [0.3, 0.4) is 0 Å². The molecule has 0 saturated carbocycles. The van der Waals surface area contributed by atoms with Crippen molar-refractivity contribution in [2.45, 2.75) is 13.8 Å². The molecule has 1 heterocycles. The van der Waals surface area contributed by atoms with E-state index in [2.05, 4.69) is 21.4 Å². The first-order valence-corrected chi connectivity index (χ1v) is 9.25. The highest BCUT2D eigenvalue weighted by Gasteiger charge is 2.15. The Kier molecular flexibility index (Phi) is 6.29. The van der Waals surface area contributed by atoms with Crippen LogP contribution in [-0.2, 0) is 0 Å². The molecule has 7 nitrogen and oxygen atoms in total. The van der Waals surface area contributed by atoms with Crippen LogP contribution in [0, 0.1) is 6.92 Å². The number of benzene rings is 2. The maximum atomic E-state index is 12.7. The first-order valence-electron chi connectivity index (χ1n) is 9.25. The molecular formula is C22H24N4O3. The molecule has 0 unspecified atom stereocenters. The van der Waals surface area contributed by atoms with Crippen LogP contribution in [-0.4, -0.2) is 36.6 Å². The third-order valence-electron chi connectivity index (χ3n) is 4.43. The van der Waals surface area contributed by atoms with Gasteiger partial charge in [0.1, 0.15) is 17.8 Å². The van der Waals surface area contributed by atoms with E-state index in [1.807, 2.05) is 36.9 Å². The lowest BCUT2D eigenvalue weighted by Gasteiger charge is -2.22. The lowest BCUT2D eigenvalue weighted by Crippen LogP contribution is -2.20. The summed E-state index contributed by atoms with van der Waals surface area (Å²) in [6.07, 6.45) is 1.40. The predicted molar refractivity (Wildman–Crippen MR) is 113 cm³/mol. The van der Waals surface area contributed by atoms with Gasteiger partial charge in [-0.25, -0.2) is 9.97 Å². The van der Waals surface area contributed by atoms with E-state index < -0.39 is 0 Å². The second-order valence-electron chi connectivity index (χ2n) is 6.37. The Morgan fingerprint density at radius 2 is 1.83 bits per heavy atom. The minimum Gasteiger partial charge on any atom is -0.493 e. The summed E-state index contributed by atoms with van der Waals surface area (Å²) >= 11 is 0. The topological polar surface area (TPSA) is 76.6 Å². The quantitative estimate of drug-likeness (QED) is 0.649. The summed E-state index contributed by atoms with van der Waals surface area (Å²) in [7, 11) is 3.11. The van der Waals surface area contributed by atoms with Crippen LogP contribution < -0.4 is 19.7 Å². The van der Waals surface area contributed by atoms with E-state index in [1.54, 1.807) is 38.5 Å². The van der Waals surface area contributed by atoms with E-state index in [9.17, 15) is 4.79 Å². The van der Waals surface area contributed by atoms with Crippen LogP contribution in [0.15, 0.2) is 54.9 Å². The van der Waals surface area contributed by atoms with Gasteiger partial charge in [0.05, 0.1) is 14.2 Å². The molecule has 1 amide bonds. The summed E-state index contributed by atoms with van der Waals surface area (Å²) in [6, 6.07) is 15.0. The number of anilines is 3. The highest BCUT2D eigenvalue weighted by molar-refractivity contribution is 6.03. The molecule has 0 fully saturated rings. The molecule has 1 aromatic heterocycles. The summed E-state index contributed by atoms with van der Waals surface area (Å²) in [6.45, 7) is 4.78. The molecule has 7 heteroatoms. The number of nitrogens with one attached hydrogen (secondary N) is 1. The smallest absolute Gasteiger partial charge is 0.274 e. The Balaban J connectivity index is 1.84. The van der Waals surface area contributed by atoms with Crippen LogP contribution >= 0.6 is 0 Å². The number of aryl methyl sites for hydroxylation is 1. The zero-order chi connectivity index (χ0) is 20.8. The number of nitrogens with zero attached hydrogens (tertiary/aromatic N) is 3. The van der Waals surface area contributed by atoms with Crippen LogP contribution in [0.25, 0.3) is 0 Å². The van der Waals surface area contributed by atoms with Gasteiger partial charge in [-0.1, -0.05) is 12.1 Å². The minimum atomic E-state index is -0.332. The fraction of sp³-hybridized carbons (Fsp3) is 0.227. The minimum absolute atomic E-state index is 0.274. The number of amides is 1. The fourth-order valence-electron chi connectivity index (χ4n) is 3.00. The third kappa shape index (κ3) is 4.63. The summed E-state index contributed by atoms with van der Waals surface area (Å²) < 4.78 is 10.5. The zero-order valence-electron chi connectivity index (χ0n) is 17.0. The first-order chi connectivity index (χ1) is 14.0. The number of ether oxygens (including phenoxy) is 2. The molecule has 3 rings (SSSR count). The molecule has 0 saturated heterocycles. The van der Waals surface area contributed by atoms with Crippen molar-refractivity contribution in [3.8, 4) is 11.5 Å². The Hall–Kier alpha value is -3.61. The van der Waals surface area contributed by atoms with Gasteiger partial charge in [-0.2, -0.15) is 0 Å². The molecule has 0 aliphatic heterocycles. The number of hydrogen-bond donors (Lipinski definition) is 1. The second kappa shape index (κ2) is 9.05. The lowest BCUT2D eigenvalue weighted by molar-refractivity contribution is 0.102. The zero-order valence-corrected chi connectivity index (χ0v) is 17.0. The number of methoxy groups -OCH3 is 2. The molecule has 29 heavy (non-hydrogen) atoms. The highest BCUT2D eigenvalue weighted by Crippen LogP contribution is 2.30. The largest absolute Gasteiger partial charge is 0.493 e. The van der Waals surface area contributed by atoms with Crippen molar-refractivity contribution < 1.29 is 14.3 Å². The Labute approximate surface area is 170 Å². The number of aromatic nitrogens is 2. The Morgan fingerprint density at radius 3 is 2.52 bits per heavy atom. The Morgan fingerprint density at radius 1 is 1.03 bits per heavy atom. The molecule has 3 aromatic rings. The monoisotopic (exact) mass is 392 g/mol. The van der Waals surface area contributed by atoms with Crippen LogP contribution in [0.4, 0.5) is 17.2 Å². The van der Waals surface area contributed by atoms with Crippen molar-refractivity contribution >= 4 is 23.1 Å². The van der Waals surface area contributed by atoms with Crippen LogP contribution in [0.1, 0.15) is 23.0 Å². The molecule has 0 aliphatic rings. The van der Waals surface area contributed by atoms with Gasteiger partial charge in [-0.05, 0) is 43.7 Å². The normalized spacial score (nSPS) is 10.3. The lowest BCUT2D eigenvalue weighted by atomic mass is 10.2. The molecule has 0 bridgehead atoms. The number of carbonyl (C=O) groups is 1. The van der Waals surface area contributed by atoms with Crippen LogP contribution in [0.2, 0.25) is 0 Å². The van der Waals surface area contributed by atoms with Gasteiger partial charge >= 0.3 is 0 Å². The summed E-state index contributed by atoms with van der Waals surface area (Å²) in [5.74, 6) is 1.45. The molecule has 2 aromatic carbocycles. The molecular weight excluding hydrogens is 368 g/mol. The summed E-state index contributed by atoms with van der Waals surface area (Å²) in [5.41, 5.74) is 3.02. The van der Waals surface area contributed by atoms with Gasteiger partial charge in [-0.3, -0.25) is 4.79 Å². The average molecular weight is 392 g/mol. The fourth-order valence-corrected chi connectivity index (χ4v) is 3.00. The maximum Gasteiger partial charge on any atom is 0.274 e. The van der Waals surface area contributed by atoms with Crippen molar-refractivity contribution in [2.24, 2.45) is 0 Å². The predicted octanol–water partition coefficient (Wildman–Crippen LogP) is 4.21. The molecule has 0 radical (unpaired) electrons. The van der Waals surface area contributed by atoms with E-state index in [0.717, 1.165) is 11.3 Å². The van der Waals surface area contributed by atoms with Crippen molar-refractivity contribution in [3.63, 3.8) is 0 Å². The second-order valence-corrected chi connectivity index (χ2v) is 6.37. The van der Waals surface area contributed by atoms with Gasteiger partial charge in [0, 0.05) is 30.1 Å². The van der Waals surface area contributed by atoms with E-state index >= 15 is 0 Å². The highest BCUT2D eigenvalue weighted by atomic mass is 16.5. The molecule has 1 N–H and O–H groups in total. The average Bonchev–Trinajstić information content (AvgIpc) is 2.74. The Bertz CT molecular complexity index is 1010. The van der Waals surface area contributed by atoms with E-state index in [-0.39, 0.29) is 11.6 Å². The van der Waals surface area contributed by atoms with Crippen molar-refractivity contribution in [2.75, 3.05) is 31.0 Å². The van der Waals surface area contributed by atoms with E-state index in [0.29, 0.717) is 29.5 Å². The SMILES string of the molecule is CCN(c1cccc(C)c1)c1cc(C(=O)Nc2ccc(OC)c(OC)c2)ncn1. The molecule has 150 valence electrons. The van der Waals surface area contributed by atoms with Gasteiger partial charge in [-0.15, -0.1) is 0 Å². The molecule has 0 spiro atoms. The summed E-state index contributed by atoms with van der Waals surface area (Å²) in [4.78, 5) is 23.2. The summed E-state index contributed by atoms with van der Waals surface area (Å²) in [5, 5.41) is 2.83. The van der Waals surface area contributed by atoms with E-state index in [4.69, 9.17) is 9.47 Å². The number of hydrogen-bond acceptors (Lipinski definition) is 6. The first kappa shape index (κ1) is 20.1. The van der Waals surface area contributed by atoms with Gasteiger partial charge < -0.3 is 19.7 Å². The standard InChI is InChI=1S/C22H24N4O3/c1-5-26(17-8-6-7-15(2)11-17)21-13-18(23-14-24-21)22(27)25-16-9-10-19(28-3)20(12-16)29-4/h6-14H,5H2,1-4H3,(H,25,27). The van der Waals surface area contributed by atoms with Gasteiger partial charge in [0.15, 0.2) is 11.5 Å². The van der Waals surface area contributed by atoms with Crippen molar-refractivity contribution in [3.05, 3.63) is 66.1 Å². The van der Waals surface area contributed by atoms with Gasteiger partial charge in [0.2, 0.25) is 0 Å². The maximum absolute atomic E-state index is 12.7. The number of carbonyl (C=O) groups excluding carboxylic acids is 1. The molecule has 0 atom stereocenters. The van der Waals surface area contributed by atoms with Crippen molar-refractivity contribution in [1.29, 1.82) is 0 Å². The van der Waals surface area contributed by atoms with Crippen molar-refractivity contribution in [1.82, 2.24) is 9.97 Å². The molecule has 0 aliphatic carbocycles.